The van der Waals surface area contributed by atoms with Gasteiger partial charge in [0.1, 0.15) is 5.65 Å². The van der Waals surface area contributed by atoms with E-state index in [1.807, 2.05) is 57.1 Å². The van der Waals surface area contributed by atoms with Crippen molar-refractivity contribution in [1.82, 2.24) is 14.1 Å². The second-order valence-corrected chi connectivity index (χ2v) is 8.29. The number of pyridine rings is 1. The molecule has 164 valence electrons. The van der Waals surface area contributed by atoms with E-state index in [-0.39, 0.29) is 29.1 Å². The lowest BCUT2D eigenvalue weighted by molar-refractivity contribution is 0.0458. The van der Waals surface area contributed by atoms with Gasteiger partial charge in [-0.1, -0.05) is 26.0 Å². The fourth-order valence-electron chi connectivity index (χ4n) is 3.48. The van der Waals surface area contributed by atoms with Crippen molar-refractivity contribution in [3.63, 3.8) is 0 Å². The highest BCUT2D eigenvalue weighted by Gasteiger charge is 2.25. The third kappa shape index (κ3) is 3.97. The lowest BCUT2D eigenvalue weighted by atomic mass is 9.95. The zero-order chi connectivity index (χ0) is 23.0. The second-order valence-electron chi connectivity index (χ2n) is 8.29. The van der Waals surface area contributed by atoms with Gasteiger partial charge in [0.05, 0.1) is 23.3 Å². The highest BCUT2D eigenvalue weighted by molar-refractivity contribution is 6.07. The topological polar surface area (TPSA) is 86.4 Å². The average Bonchev–Trinajstić information content (AvgIpc) is 2.73. The Kier molecular flexibility index (Phi) is 6.01. The Balaban J connectivity index is 2.44. The number of carbonyl (C=O) groups excluding carboxylic acids is 1. The second kappa shape index (κ2) is 8.37. The molecular weight excluding hydrogens is 396 g/mol. The first kappa shape index (κ1) is 22.3. The summed E-state index contributed by atoms with van der Waals surface area (Å²) >= 11 is 0. The summed E-state index contributed by atoms with van der Waals surface area (Å²) in [6.07, 6.45) is 0. The van der Waals surface area contributed by atoms with Crippen LogP contribution in [0.25, 0.3) is 22.2 Å². The van der Waals surface area contributed by atoms with Crippen molar-refractivity contribution in [3.8, 4) is 11.1 Å². The number of anilines is 1. The van der Waals surface area contributed by atoms with Crippen LogP contribution in [0.1, 0.15) is 29.9 Å². The molecule has 31 heavy (non-hydrogen) atoms. The van der Waals surface area contributed by atoms with E-state index in [0.29, 0.717) is 16.8 Å². The first-order valence-electron chi connectivity index (χ1n) is 10.1. The summed E-state index contributed by atoms with van der Waals surface area (Å²) in [5.74, 6) is -0.377. The fraction of sp³-hybridized carbons (Fsp3) is 0.391. The molecule has 0 bridgehead atoms. The van der Waals surface area contributed by atoms with Crippen LogP contribution in [-0.2, 0) is 18.8 Å². The number of carbonyl (C=O) groups is 1. The normalized spacial score (nSPS) is 11.2. The molecule has 0 fully saturated rings. The van der Waals surface area contributed by atoms with E-state index in [1.165, 1.54) is 11.6 Å². The van der Waals surface area contributed by atoms with Gasteiger partial charge in [0.15, 0.2) is 0 Å². The molecule has 1 aromatic carbocycles. The van der Waals surface area contributed by atoms with E-state index in [9.17, 15) is 14.4 Å². The Bertz CT molecular complexity index is 1270. The zero-order valence-electron chi connectivity index (χ0n) is 19.0. The molecule has 0 aliphatic carbocycles. The number of hydrogen-bond donors (Lipinski definition) is 0. The van der Waals surface area contributed by atoms with E-state index in [0.717, 1.165) is 10.3 Å². The van der Waals surface area contributed by atoms with Crippen LogP contribution < -0.4 is 16.1 Å². The van der Waals surface area contributed by atoms with Crippen LogP contribution in [0.3, 0.4) is 0 Å². The van der Waals surface area contributed by atoms with Gasteiger partial charge < -0.3 is 9.64 Å². The minimum atomic E-state index is -0.539. The smallest absolute Gasteiger partial charge is 0.340 e. The van der Waals surface area contributed by atoms with Crippen molar-refractivity contribution < 1.29 is 9.53 Å². The molecule has 0 aliphatic heterocycles. The molecule has 0 unspecified atom stereocenters. The standard InChI is InChI=1S/C23H28N4O4/c1-13(2)12-31-22(29)17-14(3)24-20-19(21(28)27(7)23(30)26(20)6)18(17)15-8-10-16(11-9-15)25(4)5/h8-11,13H,12H2,1-7H3. The maximum Gasteiger partial charge on any atom is 0.340 e. The van der Waals surface area contributed by atoms with E-state index in [1.54, 1.807) is 14.0 Å². The van der Waals surface area contributed by atoms with Gasteiger partial charge in [-0.15, -0.1) is 0 Å². The van der Waals surface area contributed by atoms with Gasteiger partial charge >= 0.3 is 11.7 Å². The molecule has 0 saturated carbocycles. The number of ether oxygens (including phenoxy) is 1. The first-order chi connectivity index (χ1) is 14.5. The molecule has 8 heteroatoms. The zero-order valence-corrected chi connectivity index (χ0v) is 19.0. The quantitative estimate of drug-likeness (QED) is 0.585. The SMILES string of the molecule is Cc1nc2c(c(-c3ccc(N(C)C)cc3)c1C(=O)OCC(C)C)c(=O)n(C)c(=O)n2C. The summed E-state index contributed by atoms with van der Waals surface area (Å²) in [6, 6.07) is 7.53. The molecule has 2 heterocycles. The first-order valence-corrected chi connectivity index (χ1v) is 10.1. The highest BCUT2D eigenvalue weighted by atomic mass is 16.5. The lowest BCUT2D eigenvalue weighted by Gasteiger charge is -2.18. The third-order valence-electron chi connectivity index (χ3n) is 5.19. The number of nitrogens with zero attached hydrogens (tertiary/aromatic N) is 4. The van der Waals surface area contributed by atoms with E-state index in [4.69, 9.17) is 4.74 Å². The summed E-state index contributed by atoms with van der Waals surface area (Å²) in [4.78, 5) is 45.1. The number of fused-ring (bicyclic) bond motifs is 1. The molecule has 3 aromatic rings. The Labute approximate surface area is 180 Å². The molecule has 3 rings (SSSR count). The minimum absolute atomic E-state index is 0.161. The van der Waals surface area contributed by atoms with E-state index in [2.05, 4.69) is 4.98 Å². The molecule has 0 spiro atoms. The molecule has 8 nitrogen and oxygen atoms in total. The fourth-order valence-corrected chi connectivity index (χ4v) is 3.48. The van der Waals surface area contributed by atoms with Crippen LogP contribution in [-0.4, -0.2) is 40.8 Å². The van der Waals surface area contributed by atoms with Gasteiger partial charge in [-0.05, 0) is 30.5 Å². The van der Waals surface area contributed by atoms with E-state index < -0.39 is 17.2 Å². The summed E-state index contributed by atoms with van der Waals surface area (Å²) in [5, 5.41) is 0.212. The summed E-state index contributed by atoms with van der Waals surface area (Å²) in [6.45, 7) is 5.84. The van der Waals surface area contributed by atoms with Gasteiger partial charge in [0, 0.05) is 39.4 Å². The monoisotopic (exact) mass is 424 g/mol. The van der Waals surface area contributed by atoms with Gasteiger partial charge in [-0.25, -0.2) is 14.6 Å². The molecule has 0 radical (unpaired) electrons. The maximum absolute atomic E-state index is 13.2. The highest BCUT2D eigenvalue weighted by Crippen LogP contribution is 2.32. The van der Waals surface area contributed by atoms with Crippen LogP contribution in [0.4, 0.5) is 5.69 Å². The van der Waals surface area contributed by atoms with E-state index >= 15 is 0 Å². The summed E-state index contributed by atoms with van der Waals surface area (Å²) in [7, 11) is 6.84. The summed E-state index contributed by atoms with van der Waals surface area (Å²) < 4.78 is 7.86. The van der Waals surface area contributed by atoms with Gasteiger partial charge in [0.2, 0.25) is 0 Å². The van der Waals surface area contributed by atoms with Gasteiger partial charge in [-0.2, -0.15) is 0 Å². The molecular formula is C23H28N4O4. The number of rotatable bonds is 5. The summed E-state index contributed by atoms with van der Waals surface area (Å²) in [5.41, 5.74) is 1.97. The molecule has 0 aliphatic rings. The Morgan fingerprint density at radius 1 is 1.10 bits per heavy atom. The number of benzene rings is 1. The maximum atomic E-state index is 13.2. The van der Waals surface area contributed by atoms with Crippen LogP contribution in [0.15, 0.2) is 33.9 Å². The van der Waals surface area contributed by atoms with Crippen molar-refractivity contribution in [2.24, 2.45) is 20.0 Å². The molecule has 2 aromatic heterocycles. The van der Waals surface area contributed by atoms with Gasteiger partial charge in [0.25, 0.3) is 5.56 Å². The number of aryl methyl sites for hydroxylation is 2. The average molecular weight is 425 g/mol. The third-order valence-corrected chi connectivity index (χ3v) is 5.19. The predicted molar refractivity (Wildman–Crippen MR) is 122 cm³/mol. The van der Waals surface area contributed by atoms with Crippen molar-refractivity contribution in [1.29, 1.82) is 0 Å². The van der Waals surface area contributed by atoms with Gasteiger partial charge in [-0.3, -0.25) is 13.9 Å². The van der Waals surface area contributed by atoms with Crippen molar-refractivity contribution in [2.75, 3.05) is 25.6 Å². The molecule has 0 atom stereocenters. The number of hydrogen-bond acceptors (Lipinski definition) is 6. The van der Waals surface area contributed by atoms with Crippen LogP contribution in [0.5, 0.6) is 0 Å². The number of aromatic nitrogens is 3. The lowest BCUT2D eigenvalue weighted by Crippen LogP contribution is -2.38. The Hall–Kier alpha value is -3.42. The molecule has 0 saturated heterocycles. The van der Waals surface area contributed by atoms with Crippen LogP contribution in [0.2, 0.25) is 0 Å². The Morgan fingerprint density at radius 3 is 2.26 bits per heavy atom. The molecule has 0 N–H and O–H groups in total. The number of esters is 1. The van der Waals surface area contributed by atoms with Crippen molar-refractivity contribution in [3.05, 3.63) is 56.4 Å². The van der Waals surface area contributed by atoms with Crippen LogP contribution in [0, 0.1) is 12.8 Å². The van der Waals surface area contributed by atoms with Crippen molar-refractivity contribution >= 4 is 22.7 Å². The van der Waals surface area contributed by atoms with Crippen molar-refractivity contribution in [2.45, 2.75) is 20.8 Å². The largest absolute Gasteiger partial charge is 0.462 e. The minimum Gasteiger partial charge on any atom is -0.462 e. The predicted octanol–water partition coefficient (Wildman–Crippen LogP) is 2.49. The Morgan fingerprint density at radius 2 is 1.71 bits per heavy atom. The van der Waals surface area contributed by atoms with Crippen LogP contribution >= 0.6 is 0 Å². The molecule has 0 amide bonds.